The number of anilines is 1. The van der Waals surface area contributed by atoms with Gasteiger partial charge in [-0.05, 0) is 92.1 Å². The predicted octanol–water partition coefficient (Wildman–Crippen LogP) is -0.749. The first-order valence-electron chi connectivity index (χ1n) is 24.2. The van der Waals surface area contributed by atoms with Crippen LogP contribution in [0.25, 0.3) is 10.9 Å². The number of H-pyrrole nitrogens is 1. The SMILES string of the molecule is CC(C)[C@H]1NC(=O)[C@H](CCCCN)NC(=O)[C@@H](Cc2c[nH]c3ccccc23)NC(=O)[C@H](Cc2ccc(O)cc2)NC(=O)[C@@H](NC(=O)[C@@H](N)Cc2ccc(N)cc2)CSSC[C@H](C(=O)N[C@@H](C(N)=O)[C@H](C)O)NC1=O. The summed E-state index contributed by atoms with van der Waals surface area (Å²) in [7, 11) is 2.00. The van der Waals surface area contributed by atoms with Crippen molar-refractivity contribution in [3.8, 4) is 5.75 Å². The zero-order valence-corrected chi connectivity index (χ0v) is 43.1. The molecule has 74 heavy (non-hydrogen) atoms. The Kier molecular flexibility index (Phi) is 21.9. The van der Waals surface area contributed by atoms with Gasteiger partial charge in [0.25, 0.3) is 0 Å². The summed E-state index contributed by atoms with van der Waals surface area (Å²) in [6, 6.07) is 9.05. The van der Waals surface area contributed by atoms with Crippen LogP contribution in [0.15, 0.2) is 79.0 Å². The van der Waals surface area contributed by atoms with Gasteiger partial charge in [-0.25, -0.2) is 0 Å². The van der Waals surface area contributed by atoms with E-state index in [2.05, 4.69) is 42.2 Å². The maximum atomic E-state index is 14.8. The maximum absolute atomic E-state index is 14.8. The lowest BCUT2D eigenvalue weighted by molar-refractivity contribution is -0.136. The monoisotopic (exact) mass is 1060 g/mol. The Hall–Kier alpha value is -6.86. The van der Waals surface area contributed by atoms with Crippen LogP contribution in [0.4, 0.5) is 5.69 Å². The molecular formula is C50H68N12O10S2. The summed E-state index contributed by atoms with van der Waals surface area (Å²) in [5.74, 6) is -7.75. The van der Waals surface area contributed by atoms with Crippen molar-refractivity contribution < 1.29 is 48.6 Å². The van der Waals surface area contributed by atoms with Crippen LogP contribution in [0.2, 0.25) is 0 Å². The Morgan fingerprint density at radius 2 is 1.35 bits per heavy atom. The van der Waals surface area contributed by atoms with Crippen molar-refractivity contribution in [1.29, 1.82) is 0 Å². The smallest absolute Gasteiger partial charge is 0.244 e. The highest BCUT2D eigenvalue weighted by Gasteiger charge is 2.36. The second-order valence-corrected chi connectivity index (χ2v) is 21.1. The number of hydrogen-bond donors (Lipinski definition) is 14. The molecule has 3 aromatic carbocycles. The van der Waals surface area contributed by atoms with E-state index < -0.39 is 108 Å². The van der Waals surface area contributed by atoms with Gasteiger partial charge in [0.1, 0.15) is 48.0 Å². The number of aliphatic hydroxyl groups excluding tert-OH is 1. The number of carbonyl (C=O) groups excluding carboxylic acids is 8. The molecule has 18 N–H and O–H groups in total. The van der Waals surface area contributed by atoms with Crippen molar-refractivity contribution in [2.75, 3.05) is 23.8 Å². The van der Waals surface area contributed by atoms with Crippen LogP contribution in [0.3, 0.4) is 0 Å². The zero-order chi connectivity index (χ0) is 54.1. The number of unbranched alkanes of at least 4 members (excludes halogenated alkanes) is 1. The number of nitrogen functional groups attached to an aromatic ring is 1. The second kappa shape index (κ2) is 28.0. The first-order chi connectivity index (χ1) is 35.2. The first-order valence-corrected chi connectivity index (χ1v) is 26.7. The molecule has 0 aliphatic carbocycles. The van der Waals surface area contributed by atoms with E-state index in [1.807, 2.05) is 24.3 Å². The molecule has 1 aliphatic rings. The molecule has 1 aromatic heterocycles. The zero-order valence-electron chi connectivity index (χ0n) is 41.4. The number of nitrogens with one attached hydrogen (secondary N) is 8. The molecule has 0 bridgehead atoms. The molecule has 2 heterocycles. The number of aromatic hydroxyl groups is 1. The van der Waals surface area contributed by atoms with Crippen LogP contribution in [0, 0.1) is 5.92 Å². The number of phenolic OH excluding ortho intramolecular Hbond substituents is 1. The number of para-hydroxylation sites is 1. The normalized spacial score (nSPS) is 22.0. The van der Waals surface area contributed by atoms with Gasteiger partial charge in [0.2, 0.25) is 47.3 Å². The van der Waals surface area contributed by atoms with Crippen LogP contribution < -0.4 is 60.2 Å². The number of aromatic nitrogens is 1. The molecule has 0 saturated carbocycles. The van der Waals surface area contributed by atoms with E-state index in [9.17, 15) is 48.6 Å². The molecule has 9 atom stereocenters. The predicted molar refractivity (Wildman–Crippen MR) is 283 cm³/mol. The van der Waals surface area contributed by atoms with Crippen LogP contribution >= 0.6 is 21.6 Å². The molecule has 0 spiro atoms. The van der Waals surface area contributed by atoms with E-state index in [1.165, 1.54) is 19.1 Å². The second-order valence-electron chi connectivity index (χ2n) is 18.5. The molecule has 0 unspecified atom stereocenters. The number of fused-ring (bicyclic) bond motifs is 1. The van der Waals surface area contributed by atoms with Gasteiger partial charge < -0.3 is 75.3 Å². The summed E-state index contributed by atoms with van der Waals surface area (Å²) >= 11 is 0. The minimum Gasteiger partial charge on any atom is -0.508 e. The van der Waals surface area contributed by atoms with Crippen molar-refractivity contribution in [2.24, 2.45) is 23.1 Å². The number of aromatic amines is 1. The molecule has 1 saturated heterocycles. The summed E-state index contributed by atoms with van der Waals surface area (Å²) in [5.41, 5.74) is 26.6. The van der Waals surface area contributed by atoms with Crippen molar-refractivity contribution >= 4 is 85.4 Å². The van der Waals surface area contributed by atoms with E-state index in [4.69, 9.17) is 22.9 Å². The molecule has 1 fully saturated rings. The first kappa shape index (κ1) is 58.0. The number of carbonyl (C=O) groups is 8. The third-order valence-electron chi connectivity index (χ3n) is 12.2. The molecular weight excluding hydrogens is 993 g/mol. The highest BCUT2D eigenvalue weighted by Crippen LogP contribution is 2.25. The molecule has 24 heteroatoms. The van der Waals surface area contributed by atoms with E-state index in [1.54, 1.807) is 56.4 Å². The molecule has 1 aliphatic heterocycles. The lowest BCUT2D eigenvalue weighted by Gasteiger charge is -2.29. The van der Waals surface area contributed by atoms with Gasteiger partial charge in [-0.2, -0.15) is 0 Å². The van der Waals surface area contributed by atoms with Crippen molar-refractivity contribution in [1.82, 2.24) is 42.2 Å². The molecule has 0 radical (unpaired) electrons. The standard InChI is InChI=1S/C50H68N12O10S2/c1-26(2)41-50(72)60-40(49(71)62-42(27(3)63)43(54)65)25-74-73-24-39(59-44(66)34(53)20-28-11-15-31(52)16-12-28)48(70)57-37(21-29-13-17-32(64)18-14-29)46(68)58-38(22-30-23-55-35-9-5-4-8-33(30)35)47(69)56-36(45(67)61-41)10-6-7-19-51/h4-5,8-9,11-18,23,26-27,34,36-42,55,63-64H,6-7,10,19-22,24-25,51-53H2,1-3H3,(H2,54,65)(H,56,69)(H,57,70)(H,58,68)(H,59,66)(H,60,72)(H,61,67)(H,62,71)/t27-,34-,36-,37-,38+,39-,40+,41+,42+/m0/s1. The van der Waals surface area contributed by atoms with E-state index >= 15 is 0 Å². The molecule has 8 amide bonds. The van der Waals surface area contributed by atoms with Gasteiger partial charge in [0, 0.05) is 47.1 Å². The average molecular weight is 1060 g/mol. The number of benzene rings is 3. The van der Waals surface area contributed by atoms with Gasteiger partial charge in [-0.1, -0.05) is 77.9 Å². The van der Waals surface area contributed by atoms with Crippen LogP contribution in [0.1, 0.15) is 56.7 Å². The van der Waals surface area contributed by atoms with Crippen molar-refractivity contribution in [3.63, 3.8) is 0 Å². The summed E-state index contributed by atoms with van der Waals surface area (Å²) in [4.78, 5) is 116. The number of rotatable bonds is 17. The number of primary amides is 1. The Morgan fingerprint density at radius 1 is 0.743 bits per heavy atom. The van der Waals surface area contributed by atoms with Crippen molar-refractivity contribution in [3.05, 3.63) is 95.7 Å². The molecule has 22 nitrogen and oxygen atoms in total. The maximum Gasteiger partial charge on any atom is 0.244 e. The minimum atomic E-state index is -1.55. The average Bonchev–Trinajstić information content (AvgIpc) is 3.77. The van der Waals surface area contributed by atoms with Gasteiger partial charge >= 0.3 is 0 Å². The third-order valence-corrected chi connectivity index (χ3v) is 14.7. The highest BCUT2D eigenvalue weighted by atomic mass is 33.1. The Bertz CT molecular complexity index is 2580. The molecule has 4 aromatic rings. The van der Waals surface area contributed by atoms with Gasteiger partial charge in [-0.3, -0.25) is 38.4 Å². The number of aliphatic hydroxyl groups is 1. The summed E-state index contributed by atoms with van der Waals surface area (Å²) < 4.78 is 0. The van der Waals surface area contributed by atoms with E-state index in [0.717, 1.165) is 32.5 Å². The van der Waals surface area contributed by atoms with E-state index in [-0.39, 0.29) is 49.5 Å². The fourth-order valence-corrected chi connectivity index (χ4v) is 10.3. The molecule has 400 valence electrons. The summed E-state index contributed by atoms with van der Waals surface area (Å²) in [6.07, 6.45) is 1.00. The van der Waals surface area contributed by atoms with Crippen LogP contribution in [0.5, 0.6) is 5.75 Å². The number of nitrogens with two attached hydrogens (primary N) is 4. The highest BCUT2D eigenvalue weighted by molar-refractivity contribution is 8.76. The number of hydrogen-bond acceptors (Lipinski definition) is 15. The summed E-state index contributed by atoms with van der Waals surface area (Å²) in [6.45, 7) is 4.83. The fraction of sp³-hybridized carbons (Fsp3) is 0.440. The number of amides is 8. The van der Waals surface area contributed by atoms with Crippen molar-refractivity contribution in [2.45, 2.75) is 114 Å². The Labute approximate surface area is 436 Å². The number of phenols is 1. The quantitative estimate of drug-likeness (QED) is 0.0352. The van der Waals surface area contributed by atoms with Gasteiger partial charge in [0.05, 0.1) is 12.1 Å². The minimum absolute atomic E-state index is 0.0544. The largest absolute Gasteiger partial charge is 0.508 e. The summed E-state index contributed by atoms with van der Waals surface area (Å²) in [5, 5.41) is 40.0. The topological polar surface area (TPSA) is 381 Å². The Morgan fingerprint density at radius 3 is 2.00 bits per heavy atom. The van der Waals surface area contributed by atoms with Crippen LogP contribution in [-0.4, -0.2) is 135 Å². The Balaban J connectivity index is 1.58. The lowest BCUT2D eigenvalue weighted by Crippen LogP contribution is -2.62. The van der Waals surface area contributed by atoms with Crippen LogP contribution in [-0.2, 0) is 57.6 Å². The fourth-order valence-electron chi connectivity index (χ4n) is 8.00. The molecule has 5 rings (SSSR count). The van der Waals surface area contributed by atoms with Gasteiger partial charge in [-0.15, -0.1) is 0 Å². The lowest BCUT2D eigenvalue weighted by atomic mass is 10.00. The third kappa shape index (κ3) is 17.1. The van der Waals surface area contributed by atoms with E-state index in [0.29, 0.717) is 35.2 Å². The van der Waals surface area contributed by atoms with Gasteiger partial charge in [0.15, 0.2) is 0 Å².